The van der Waals surface area contributed by atoms with E-state index in [0.29, 0.717) is 39.3 Å². The molecule has 1 atom stereocenters. The molecule has 31 heavy (non-hydrogen) atoms. The summed E-state index contributed by atoms with van der Waals surface area (Å²) in [6, 6.07) is 6.49. The van der Waals surface area contributed by atoms with Gasteiger partial charge in [-0.2, -0.15) is 11.8 Å². The summed E-state index contributed by atoms with van der Waals surface area (Å²) in [6.07, 6.45) is 4.63. The van der Waals surface area contributed by atoms with Crippen LogP contribution in [-0.4, -0.2) is 84.0 Å². The van der Waals surface area contributed by atoms with Gasteiger partial charge < -0.3 is 19.9 Å². The predicted molar refractivity (Wildman–Crippen MR) is 122 cm³/mol. The fourth-order valence-electron chi connectivity index (χ4n) is 3.69. The van der Waals surface area contributed by atoms with E-state index in [1.165, 1.54) is 12.1 Å². The number of ether oxygens (including phenoxy) is 1. The number of nitro groups is 1. The highest BCUT2D eigenvalue weighted by Gasteiger charge is 2.30. The van der Waals surface area contributed by atoms with E-state index in [2.05, 4.69) is 16.5 Å². The molecule has 9 nitrogen and oxygen atoms in total. The Morgan fingerprint density at radius 3 is 2.58 bits per heavy atom. The Balaban J connectivity index is 1.59. The molecule has 2 fully saturated rings. The number of hydrogen-bond acceptors (Lipinski definition) is 6. The first-order valence-corrected chi connectivity index (χ1v) is 12.1. The third kappa shape index (κ3) is 6.83. The SMILES string of the molecule is CSCCCNC(=NCc1ccc([N+](=O)[O-])cc1)N1CCN(C(=O)C2CCCO2)CC1. The van der Waals surface area contributed by atoms with Crippen LogP contribution < -0.4 is 5.32 Å². The monoisotopic (exact) mass is 449 g/mol. The maximum Gasteiger partial charge on any atom is 0.269 e. The number of nitrogens with zero attached hydrogens (tertiary/aromatic N) is 4. The van der Waals surface area contributed by atoms with Crippen molar-refractivity contribution in [3.8, 4) is 0 Å². The smallest absolute Gasteiger partial charge is 0.269 e. The number of aliphatic imine (C=N–C) groups is 1. The summed E-state index contributed by atoms with van der Waals surface area (Å²) in [6.45, 7) is 4.69. The molecule has 0 saturated carbocycles. The summed E-state index contributed by atoms with van der Waals surface area (Å²) in [5, 5.41) is 14.3. The number of thioether (sulfide) groups is 1. The van der Waals surface area contributed by atoms with Crippen LogP contribution in [0.4, 0.5) is 5.69 Å². The second-order valence-corrected chi connectivity index (χ2v) is 8.64. The number of amides is 1. The van der Waals surface area contributed by atoms with Gasteiger partial charge in [-0.05, 0) is 36.8 Å². The average molecular weight is 450 g/mol. The van der Waals surface area contributed by atoms with Gasteiger partial charge in [0.2, 0.25) is 0 Å². The van der Waals surface area contributed by atoms with Crippen LogP contribution in [-0.2, 0) is 16.1 Å². The lowest BCUT2D eigenvalue weighted by Gasteiger charge is -2.37. The lowest BCUT2D eigenvalue weighted by atomic mass is 10.2. The zero-order chi connectivity index (χ0) is 22.1. The largest absolute Gasteiger partial charge is 0.368 e. The Labute approximate surface area is 187 Å². The van der Waals surface area contributed by atoms with E-state index in [4.69, 9.17) is 9.73 Å². The highest BCUT2D eigenvalue weighted by atomic mass is 32.2. The van der Waals surface area contributed by atoms with E-state index in [-0.39, 0.29) is 17.7 Å². The topological polar surface area (TPSA) is 100 Å². The van der Waals surface area contributed by atoms with Gasteiger partial charge in [0, 0.05) is 51.5 Å². The highest BCUT2D eigenvalue weighted by molar-refractivity contribution is 7.98. The average Bonchev–Trinajstić information content (AvgIpc) is 3.33. The lowest BCUT2D eigenvalue weighted by Crippen LogP contribution is -2.55. The van der Waals surface area contributed by atoms with Crippen LogP contribution in [0.2, 0.25) is 0 Å². The molecule has 1 aromatic carbocycles. The first-order chi connectivity index (χ1) is 15.1. The van der Waals surface area contributed by atoms with Crippen molar-refractivity contribution in [2.75, 3.05) is 51.3 Å². The van der Waals surface area contributed by atoms with E-state index in [1.807, 2.05) is 16.7 Å². The number of nitro benzene ring substituents is 1. The van der Waals surface area contributed by atoms with Crippen LogP contribution in [0.1, 0.15) is 24.8 Å². The van der Waals surface area contributed by atoms with Crippen LogP contribution >= 0.6 is 11.8 Å². The maximum absolute atomic E-state index is 12.6. The Hall–Kier alpha value is -2.33. The molecule has 0 spiro atoms. The number of nitrogens with one attached hydrogen (secondary N) is 1. The molecule has 3 rings (SSSR count). The van der Waals surface area contributed by atoms with Crippen LogP contribution in [0, 0.1) is 10.1 Å². The van der Waals surface area contributed by atoms with Gasteiger partial charge >= 0.3 is 0 Å². The van der Waals surface area contributed by atoms with Gasteiger partial charge in [-0.1, -0.05) is 12.1 Å². The molecule has 1 N–H and O–H groups in total. The maximum atomic E-state index is 12.6. The van der Waals surface area contributed by atoms with Gasteiger partial charge in [0.15, 0.2) is 5.96 Å². The summed E-state index contributed by atoms with van der Waals surface area (Å²) in [4.78, 5) is 31.9. The minimum absolute atomic E-state index is 0.0789. The van der Waals surface area contributed by atoms with Gasteiger partial charge in [-0.15, -0.1) is 0 Å². The number of benzene rings is 1. The van der Waals surface area contributed by atoms with Gasteiger partial charge in [0.25, 0.3) is 11.6 Å². The van der Waals surface area contributed by atoms with Crippen molar-refractivity contribution in [2.45, 2.75) is 31.9 Å². The summed E-state index contributed by atoms with van der Waals surface area (Å²) in [5.74, 6) is 2.00. The Bertz CT molecular complexity index is 760. The van der Waals surface area contributed by atoms with Crippen molar-refractivity contribution in [2.24, 2.45) is 4.99 Å². The Morgan fingerprint density at radius 1 is 1.26 bits per heavy atom. The number of carbonyl (C=O) groups is 1. The Morgan fingerprint density at radius 2 is 1.97 bits per heavy atom. The van der Waals surface area contributed by atoms with E-state index in [9.17, 15) is 14.9 Å². The van der Waals surface area contributed by atoms with Crippen LogP contribution in [0.3, 0.4) is 0 Å². The van der Waals surface area contributed by atoms with Crippen molar-refractivity contribution >= 4 is 29.3 Å². The van der Waals surface area contributed by atoms with Gasteiger partial charge in [-0.3, -0.25) is 14.9 Å². The number of carbonyl (C=O) groups excluding carboxylic acids is 1. The number of hydrogen-bond donors (Lipinski definition) is 1. The van der Waals surface area contributed by atoms with Crippen LogP contribution in [0.5, 0.6) is 0 Å². The molecule has 2 aliphatic heterocycles. The third-order valence-corrected chi connectivity index (χ3v) is 6.16. The molecule has 0 aromatic heterocycles. The number of guanidine groups is 1. The summed E-state index contributed by atoms with van der Waals surface area (Å²) in [7, 11) is 0. The molecule has 170 valence electrons. The first kappa shape index (κ1) is 23.3. The third-order valence-electron chi connectivity index (χ3n) is 5.46. The predicted octanol–water partition coefficient (Wildman–Crippen LogP) is 2.12. The molecule has 1 amide bonds. The molecule has 1 unspecified atom stereocenters. The standard InChI is InChI=1S/C21H31N5O4S/c1-31-15-3-9-22-21(23-16-17-5-7-18(8-6-17)26(28)29)25-12-10-24(11-13-25)20(27)19-4-2-14-30-19/h5-8,19H,2-4,9-16H2,1H3,(H,22,23). The number of non-ortho nitro benzene ring substituents is 1. The van der Waals surface area contributed by atoms with Gasteiger partial charge in [0.1, 0.15) is 6.10 Å². The van der Waals surface area contributed by atoms with E-state index in [1.54, 1.807) is 12.1 Å². The van der Waals surface area contributed by atoms with Crippen LogP contribution in [0.25, 0.3) is 0 Å². The van der Waals surface area contributed by atoms with Crippen LogP contribution in [0.15, 0.2) is 29.3 Å². The fraction of sp³-hybridized carbons (Fsp3) is 0.619. The normalized spacial score (nSPS) is 19.5. The van der Waals surface area contributed by atoms with Gasteiger partial charge in [-0.25, -0.2) is 4.99 Å². The van der Waals surface area contributed by atoms with Crippen molar-refractivity contribution in [1.82, 2.24) is 15.1 Å². The molecule has 10 heteroatoms. The van der Waals surface area contributed by atoms with Gasteiger partial charge in [0.05, 0.1) is 11.5 Å². The minimum Gasteiger partial charge on any atom is -0.368 e. The molecule has 0 bridgehead atoms. The summed E-state index contributed by atoms with van der Waals surface area (Å²) in [5.41, 5.74) is 0.997. The zero-order valence-electron chi connectivity index (χ0n) is 18.0. The van der Waals surface area contributed by atoms with Crippen molar-refractivity contribution in [1.29, 1.82) is 0 Å². The molecule has 1 aromatic rings. The van der Waals surface area contributed by atoms with Crippen molar-refractivity contribution < 1.29 is 14.5 Å². The molecule has 2 heterocycles. The molecular weight excluding hydrogens is 418 g/mol. The highest BCUT2D eigenvalue weighted by Crippen LogP contribution is 2.16. The van der Waals surface area contributed by atoms with Crippen molar-refractivity contribution in [3.63, 3.8) is 0 Å². The molecule has 2 aliphatic rings. The Kier molecular flexibility index (Phi) is 8.96. The quantitative estimate of drug-likeness (QED) is 0.213. The summed E-state index contributed by atoms with van der Waals surface area (Å²) < 4.78 is 5.54. The first-order valence-electron chi connectivity index (χ1n) is 10.7. The van der Waals surface area contributed by atoms with E-state index < -0.39 is 4.92 Å². The second-order valence-electron chi connectivity index (χ2n) is 7.65. The number of rotatable bonds is 8. The molecule has 0 aliphatic carbocycles. The fourth-order valence-corrected chi connectivity index (χ4v) is 4.12. The van der Waals surface area contributed by atoms with E-state index >= 15 is 0 Å². The molecule has 2 saturated heterocycles. The molecular formula is C21H31N5O4S. The second kappa shape index (κ2) is 11.9. The number of piperazine rings is 1. The lowest BCUT2D eigenvalue weighted by molar-refractivity contribution is -0.384. The minimum atomic E-state index is -0.400. The van der Waals surface area contributed by atoms with Crippen molar-refractivity contribution in [3.05, 3.63) is 39.9 Å². The van der Waals surface area contributed by atoms with E-state index in [0.717, 1.165) is 43.1 Å². The zero-order valence-corrected chi connectivity index (χ0v) is 18.8. The summed E-state index contributed by atoms with van der Waals surface area (Å²) >= 11 is 1.81. The molecule has 0 radical (unpaired) electrons.